The summed E-state index contributed by atoms with van der Waals surface area (Å²) >= 11 is 0. The van der Waals surface area contributed by atoms with Crippen molar-refractivity contribution >= 4 is 22.8 Å². The van der Waals surface area contributed by atoms with Gasteiger partial charge in [0, 0.05) is 19.4 Å². The smallest absolute Gasteiger partial charge is 0.320 e. The monoisotopic (exact) mass is 341 g/mol. The highest BCUT2D eigenvalue weighted by atomic mass is 16.5. The standard InChI is InChI=1S/C17H19N5O3/c1-24-10-14(11-6-4-3-5-7-11)19-17(23)20-15-8-13-12(9-18-15)16(25-2)22-21-13/h3-9,14H,10H2,1-2H3,(H,21,22)(H2,18,19,20,23). The Labute approximate surface area is 144 Å². The molecule has 25 heavy (non-hydrogen) atoms. The number of benzene rings is 1. The van der Waals surface area contributed by atoms with E-state index < -0.39 is 0 Å². The number of carbonyl (C=O) groups is 1. The molecule has 0 aliphatic carbocycles. The predicted molar refractivity (Wildman–Crippen MR) is 93.7 cm³/mol. The lowest BCUT2D eigenvalue weighted by Gasteiger charge is -2.18. The summed E-state index contributed by atoms with van der Waals surface area (Å²) in [6.07, 6.45) is 1.59. The van der Waals surface area contributed by atoms with Gasteiger partial charge in [-0.25, -0.2) is 9.78 Å². The molecule has 0 aliphatic rings. The van der Waals surface area contributed by atoms with Gasteiger partial charge >= 0.3 is 6.03 Å². The predicted octanol–water partition coefficient (Wildman–Crippen LogP) is 2.48. The third-order valence-electron chi connectivity index (χ3n) is 3.69. The average Bonchev–Trinajstić information content (AvgIpc) is 3.04. The quantitative estimate of drug-likeness (QED) is 0.639. The van der Waals surface area contributed by atoms with Crippen molar-refractivity contribution in [3.8, 4) is 5.88 Å². The number of H-pyrrole nitrogens is 1. The second-order valence-corrected chi connectivity index (χ2v) is 5.37. The van der Waals surface area contributed by atoms with Crippen LogP contribution in [0.15, 0.2) is 42.6 Å². The van der Waals surface area contributed by atoms with Crippen molar-refractivity contribution in [1.82, 2.24) is 20.5 Å². The Morgan fingerprint density at radius 1 is 1.28 bits per heavy atom. The molecule has 3 rings (SSSR count). The van der Waals surface area contributed by atoms with Crippen molar-refractivity contribution in [3.05, 3.63) is 48.2 Å². The third kappa shape index (κ3) is 3.86. The van der Waals surface area contributed by atoms with E-state index in [2.05, 4.69) is 25.8 Å². The molecule has 1 atom stereocenters. The van der Waals surface area contributed by atoms with Gasteiger partial charge in [-0.1, -0.05) is 30.3 Å². The number of aromatic nitrogens is 3. The largest absolute Gasteiger partial charge is 0.479 e. The second-order valence-electron chi connectivity index (χ2n) is 5.37. The first-order valence-corrected chi connectivity index (χ1v) is 7.70. The number of hydrogen-bond acceptors (Lipinski definition) is 5. The molecule has 1 aromatic carbocycles. The Bertz CT molecular complexity index is 850. The number of carbonyl (C=O) groups excluding carboxylic acids is 1. The van der Waals surface area contributed by atoms with Crippen LogP contribution >= 0.6 is 0 Å². The van der Waals surface area contributed by atoms with E-state index in [1.165, 1.54) is 7.11 Å². The number of nitrogens with one attached hydrogen (secondary N) is 3. The van der Waals surface area contributed by atoms with E-state index in [0.717, 1.165) is 16.5 Å². The van der Waals surface area contributed by atoms with Crippen molar-refractivity contribution in [2.75, 3.05) is 26.1 Å². The third-order valence-corrected chi connectivity index (χ3v) is 3.69. The van der Waals surface area contributed by atoms with Crippen molar-refractivity contribution in [2.45, 2.75) is 6.04 Å². The van der Waals surface area contributed by atoms with Gasteiger partial charge in [-0.2, -0.15) is 0 Å². The van der Waals surface area contributed by atoms with Gasteiger partial charge in [0.1, 0.15) is 5.82 Å². The van der Waals surface area contributed by atoms with E-state index in [1.807, 2.05) is 30.3 Å². The number of fused-ring (bicyclic) bond motifs is 1. The number of rotatable bonds is 6. The van der Waals surface area contributed by atoms with Crippen LogP contribution in [0.25, 0.3) is 10.9 Å². The van der Waals surface area contributed by atoms with E-state index in [-0.39, 0.29) is 12.1 Å². The van der Waals surface area contributed by atoms with Crippen LogP contribution < -0.4 is 15.4 Å². The van der Waals surface area contributed by atoms with Crippen LogP contribution in [0.5, 0.6) is 5.88 Å². The number of anilines is 1. The Hall–Kier alpha value is -3.13. The summed E-state index contributed by atoms with van der Waals surface area (Å²) < 4.78 is 10.3. The first kappa shape index (κ1) is 16.7. The Morgan fingerprint density at radius 2 is 2.08 bits per heavy atom. The Morgan fingerprint density at radius 3 is 2.80 bits per heavy atom. The first-order valence-electron chi connectivity index (χ1n) is 7.70. The minimum Gasteiger partial charge on any atom is -0.479 e. The molecule has 0 saturated heterocycles. The zero-order chi connectivity index (χ0) is 17.6. The second kappa shape index (κ2) is 7.63. The maximum Gasteiger partial charge on any atom is 0.320 e. The maximum absolute atomic E-state index is 12.3. The van der Waals surface area contributed by atoms with E-state index >= 15 is 0 Å². The van der Waals surface area contributed by atoms with Crippen LogP contribution in [0.1, 0.15) is 11.6 Å². The molecule has 3 aromatic rings. The van der Waals surface area contributed by atoms with Crippen molar-refractivity contribution in [1.29, 1.82) is 0 Å². The number of methoxy groups -OCH3 is 2. The molecule has 0 fully saturated rings. The molecular formula is C17H19N5O3. The van der Waals surface area contributed by atoms with E-state index in [9.17, 15) is 4.79 Å². The fourth-order valence-electron chi connectivity index (χ4n) is 2.50. The van der Waals surface area contributed by atoms with E-state index in [1.54, 1.807) is 19.4 Å². The van der Waals surface area contributed by atoms with Crippen molar-refractivity contribution < 1.29 is 14.3 Å². The van der Waals surface area contributed by atoms with Gasteiger partial charge in [-0.15, -0.1) is 5.10 Å². The number of nitrogens with zero attached hydrogens (tertiary/aromatic N) is 2. The maximum atomic E-state index is 12.3. The minimum atomic E-state index is -0.371. The molecule has 0 bridgehead atoms. The molecule has 0 aliphatic heterocycles. The molecule has 2 heterocycles. The lowest BCUT2D eigenvalue weighted by molar-refractivity contribution is 0.168. The summed E-state index contributed by atoms with van der Waals surface area (Å²) in [5.74, 6) is 0.864. The highest BCUT2D eigenvalue weighted by Gasteiger charge is 2.15. The summed E-state index contributed by atoms with van der Waals surface area (Å²) in [6.45, 7) is 0.363. The van der Waals surface area contributed by atoms with Crippen LogP contribution in [0, 0.1) is 0 Å². The van der Waals surface area contributed by atoms with Crippen molar-refractivity contribution in [3.63, 3.8) is 0 Å². The lowest BCUT2D eigenvalue weighted by Crippen LogP contribution is -2.35. The number of aromatic amines is 1. The van der Waals surface area contributed by atoms with Gasteiger partial charge in [-0.05, 0) is 5.56 Å². The highest BCUT2D eigenvalue weighted by Crippen LogP contribution is 2.23. The van der Waals surface area contributed by atoms with E-state index in [4.69, 9.17) is 9.47 Å². The summed E-state index contributed by atoms with van der Waals surface area (Å²) in [6, 6.07) is 10.7. The van der Waals surface area contributed by atoms with Crippen LogP contribution in [0.4, 0.5) is 10.6 Å². The molecule has 0 radical (unpaired) electrons. The molecule has 2 aromatic heterocycles. The lowest BCUT2D eigenvalue weighted by atomic mass is 10.1. The van der Waals surface area contributed by atoms with Crippen LogP contribution in [0.3, 0.4) is 0 Å². The molecule has 0 spiro atoms. The molecule has 3 N–H and O–H groups in total. The van der Waals surface area contributed by atoms with Crippen LogP contribution in [-0.2, 0) is 4.74 Å². The van der Waals surface area contributed by atoms with Crippen LogP contribution in [0.2, 0.25) is 0 Å². The zero-order valence-corrected chi connectivity index (χ0v) is 13.9. The van der Waals surface area contributed by atoms with Gasteiger partial charge in [-0.3, -0.25) is 10.4 Å². The number of pyridine rings is 1. The number of ether oxygens (including phenoxy) is 2. The van der Waals surface area contributed by atoms with Gasteiger partial charge in [0.05, 0.1) is 30.7 Å². The molecule has 1 unspecified atom stereocenters. The van der Waals surface area contributed by atoms with Gasteiger partial charge < -0.3 is 14.8 Å². The SMILES string of the molecule is COCC(NC(=O)Nc1cc2[nH]nc(OC)c2cn1)c1ccccc1. The van der Waals surface area contributed by atoms with E-state index in [0.29, 0.717) is 18.3 Å². The molecule has 8 heteroatoms. The first-order chi connectivity index (χ1) is 12.2. The van der Waals surface area contributed by atoms with Gasteiger partial charge in [0.25, 0.3) is 0 Å². The molecule has 130 valence electrons. The molecular weight excluding hydrogens is 322 g/mol. The fourth-order valence-corrected chi connectivity index (χ4v) is 2.50. The molecule has 0 saturated carbocycles. The number of amides is 2. The zero-order valence-electron chi connectivity index (χ0n) is 13.9. The van der Waals surface area contributed by atoms with Crippen molar-refractivity contribution in [2.24, 2.45) is 0 Å². The number of hydrogen-bond donors (Lipinski definition) is 3. The summed E-state index contributed by atoms with van der Waals surface area (Å²) in [7, 11) is 3.13. The average molecular weight is 341 g/mol. The summed E-state index contributed by atoms with van der Waals surface area (Å²) in [4.78, 5) is 16.5. The van der Waals surface area contributed by atoms with Gasteiger partial charge in [0.15, 0.2) is 0 Å². The topological polar surface area (TPSA) is 101 Å². The summed E-state index contributed by atoms with van der Waals surface area (Å²) in [5, 5.41) is 13.2. The molecule has 8 nitrogen and oxygen atoms in total. The van der Waals surface area contributed by atoms with Gasteiger partial charge in [0.2, 0.25) is 5.88 Å². The summed E-state index contributed by atoms with van der Waals surface area (Å²) in [5.41, 5.74) is 1.68. The highest BCUT2D eigenvalue weighted by molar-refractivity contribution is 5.92. The molecule has 2 amide bonds. The minimum absolute atomic E-state index is 0.262. The fraction of sp³-hybridized carbons (Fsp3) is 0.235. The van der Waals surface area contributed by atoms with Crippen LogP contribution in [-0.4, -0.2) is 42.0 Å². The normalized spacial score (nSPS) is 11.9. The number of urea groups is 1. The Balaban J connectivity index is 1.70. The Kier molecular flexibility index (Phi) is 5.10.